The zero-order chi connectivity index (χ0) is 18.2. The Morgan fingerprint density at radius 1 is 1.24 bits per heavy atom. The van der Waals surface area contributed by atoms with E-state index >= 15 is 0 Å². The molecule has 0 atom stereocenters. The maximum Gasteiger partial charge on any atom is 0.337 e. The SMILES string of the molecule is CCOc1cc(C=NNc2ccccc2C(=O)O)ccc1OC(C)C. The third-order valence-electron chi connectivity index (χ3n) is 3.19. The zero-order valence-electron chi connectivity index (χ0n) is 14.5. The highest BCUT2D eigenvalue weighted by atomic mass is 16.5. The Morgan fingerprint density at radius 2 is 2.00 bits per heavy atom. The van der Waals surface area contributed by atoms with Gasteiger partial charge < -0.3 is 14.6 Å². The lowest BCUT2D eigenvalue weighted by atomic mass is 10.2. The second-order valence-electron chi connectivity index (χ2n) is 5.53. The van der Waals surface area contributed by atoms with Gasteiger partial charge in [0, 0.05) is 0 Å². The molecule has 2 aromatic rings. The summed E-state index contributed by atoms with van der Waals surface area (Å²) in [4.78, 5) is 11.2. The summed E-state index contributed by atoms with van der Waals surface area (Å²) in [5.74, 6) is 0.316. The maximum absolute atomic E-state index is 11.2. The summed E-state index contributed by atoms with van der Waals surface area (Å²) in [5.41, 5.74) is 4.15. The molecule has 6 heteroatoms. The van der Waals surface area contributed by atoms with Crippen LogP contribution in [-0.2, 0) is 0 Å². The van der Waals surface area contributed by atoms with Gasteiger partial charge in [0.1, 0.15) is 0 Å². The van der Waals surface area contributed by atoms with Crippen LogP contribution in [0.4, 0.5) is 5.69 Å². The van der Waals surface area contributed by atoms with Crippen LogP contribution in [0.1, 0.15) is 36.7 Å². The monoisotopic (exact) mass is 342 g/mol. The fraction of sp³-hybridized carbons (Fsp3) is 0.263. The topological polar surface area (TPSA) is 80.2 Å². The van der Waals surface area contributed by atoms with Gasteiger partial charge in [-0.05, 0) is 56.7 Å². The first kappa shape index (κ1) is 18.3. The van der Waals surface area contributed by atoms with Crippen molar-refractivity contribution in [3.63, 3.8) is 0 Å². The van der Waals surface area contributed by atoms with E-state index in [0.29, 0.717) is 23.8 Å². The number of carboxylic acids is 1. The van der Waals surface area contributed by atoms with Crippen molar-refractivity contribution < 1.29 is 19.4 Å². The first-order chi connectivity index (χ1) is 12.0. The van der Waals surface area contributed by atoms with E-state index in [-0.39, 0.29) is 11.7 Å². The number of rotatable bonds is 8. The smallest absolute Gasteiger partial charge is 0.337 e. The molecule has 0 aliphatic heterocycles. The average Bonchev–Trinajstić information content (AvgIpc) is 2.57. The lowest BCUT2D eigenvalue weighted by molar-refractivity contribution is 0.0698. The second-order valence-corrected chi connectivity index (χ2v) is 5.53. The quantitative estimate of drug-likeness (QED) is 0.559. The van der Waals surface area contributed by atoms with Crippen LogP contribution in [0.2, 0.25) is 0 Å². The van der Waals surface area contributed by atoms with Crippen LogP contribution < -0.4 is 14.9 Å². The van der Waals surface area contributed by atoms with Gasteiger partial charge in [-0.15, -0.1) is 0 Å². The molecule has 0 radical (unpaired) electrons. The van der Waals surface area contributed by atoms with Gasteiger partial charge in [0.05, 0.1) is 30.2 Å². The molecule has 0 saturated carbocycles. The van der Waals surface area contributed by atoms with Crippen molar-refractivity contribution in [3.8, 4) is 11.5 Å². The molecule has 2 rings (SSSR count). The molecule has 0 saturated heterocycles. The molecular weight excluding hydrogens is 320 g/mol. The van der Waals surface area contributed by atoms with Crippen LogP contribution in [0.15, 0.2) is 47.6 Å². The van der Waals surface area contributed by atoms with E-state index in [4.69, 9.17) is 14.6 Å². The van der Waals surface area contributed by atoms with Crippen molar-refractivity contribution in [2.24, 2.45) is 5.10 Å². The van der Waals surface area contributed by atoms with E-state index in [1.165, 1.54) is 6.07 Å². The summed E-state index contributed by atoms with van der Waals surface area (Å²) < 4.78 is 11.3. The minimum atomic E-state index is -1.01. The first-order valence-electron chi connectivity index (χ1n) is 8.06. The van der Waals surface area contributed by atoms with Crippen LogP contribution in [0.3, 0.4) is 0 Å². The third kappa shape index (κ3) is 5.24. The summed E-state index contributed by atoms with van der Waals surface area (Å²) in [6, 6.07) is 12.1. The molecule has 0 spiro atoms. The van der Waals surface area contributed by atoms with E-state index < -0.39 is 5.97 Å². The average molecular weight is 342 g/mol. The number of benzene rings is 2. The van der Waals surface area contributed by atoms with Crippen molar-refractivity contribution in [1.29, 1.82) is 0 Å². The number of carbonyl (C=O) groups is 1. The number of aromatic carboxylic acids is 1. The van der Waals surface area contributed by atoms with E-state index in [1.54, 1.807) is 24.4 Å². The number of carboxylic acid groups (broad SMARTS) is 1. The Bertz CT molecular complexity index is 757. The van der Waals surface area contributed by atoms with Crippen molar-refractivity contribution in [2.75, 3.05) is 12.0 Å². The van der Waals surface area contributed by atoms with Crippen LogP contribution in [0, 0.1) is 0 Å². The highest BCUT2D eigenvalue weighted by Gasteiger charge is 2.09. The molecule has 132 valence electrons. The van der Waals surface area contributed by atoms with Crippen molar-refractivity contribution in [3.05, 3.63) is 53.6 Å². The molecule has 0 aliphatic carbocycles. The molecule has 25 heavy (non-hydrogen) atoms. The lowest BCUT2D eigenvalue weighted by Gasteiger charge is -2.14. The van der Waals surface area contributed by atoms with Gasteiger partial charge in [0.15, 0.2) is 11.5 Å². The Balaban J connectivity index is 2.16. The van der Waals surface area contributed by atoms with Crippen molar-refractivity contribution in [1.82, 2.24) is 0 Å². The highest BCUT2D eigenvalue weighted by molar-refractivity contribution is 5.94. The molecule has 0 fully saturated rings. The Labute approximate surface area is 147 Å². The predicted molar refractivity (Wildman–Crippen MR) is 98.0 cm³/mol. The van der Waals surface area contributed by atoms with Crippen LogP contribution in [0.5, 0.6) is 11.5 Å². The Kier molecular flexibility index (Phi) is 6.39. The number of nitrogens with one attached hydrogen (secondary N) is 1. The van der Waals surface area contributed by atoms with Crippen LogP contribution in [-0.4, -0.2) is 30.0 Å². The third-order valence-corrected chi connectivity index (χ3v) is 3.19. The first-order valence-corrected chi connectivity index (χ1v) is 8.06. The second kappa shape index (κ2) is 8.73. The van der Waals surface area contributed by atoms with Crippen LogP contribution in [0.25, 0.3) is 0 Å². The normalized spacial score (nSPS) is 10.9. The van der Waals surface area contributed by atoms with E-state index in [1.807, 2.05) is 39.0 Å². The van der Waals surface area contributed by atoms with Gasteiger partial charge in [-0.1, -0.05) is 12.1 Å². The fourth-order valence-corrected chi connectivity index (χ4v) is 2.17. The molecule has 2 N–H and O–H groups in total. The summed E-state index contributed by atoms with van der Waals surface area (Å²) in [7, 11) is 0. The lowest BCUT2D eigenvalue weighted by Crippen LogP contribution is -2.07. The number of ether oxygens (including phenoxy) is 2. The fourth-order valence-electron chi connectivity index (χ4n) is 2.17. The molecule has 0 amide bonds. The van der Waals surface area contributed by atoms with Gasteiger partial charge in [-0.3, -0.25) is 5.43 Å². The molecular formula is C19H22N2O4. The van der Waals surface area contributed by atoms with Crippen LogP contribution >= 0.6 is 0 Å². The molecule has 0 aliphatic rings. The summed E-state index contributed by atoms with van der Waals surface area (Å²) in [6.07, 6.45) is 1.65. The zero-order valence-corrected chi connectivity index (χ0v) is 14.5. The Morgan fingerprint density at radius 3 is 2.68 bits per heavy atom. The molecule has 2 aromatic carbocycles. The minimum Gasteiger partial charge on any atom is -0.490 e. The van der Waals surface area contributed by atoms with Gasteiger partial charge in [-0.2, -0.15) is 5.10 Å². The van der Waals surface area contributed by atoms with Crippen molar-refractivity contribution in [2.45, 2.75) is 26.9 Å². The largest absolute Gasteiger partial charge is 0.490 e. The molecule has 0 bridgehead atoms. The van der Waals surface area contributed by atoms with Gasteiger partial charge in [-0.25, -0.2) is 4.79 Å². The molecule has 6 nitrogen and oxygen atoms in total. The number of nitrogens with zero attached hydrogens (tertiary/aromatic N) is 1. The molecule has 0 heterocycles. The van der Waals surface area contributed by atoms with Gasteiger partial charge in [0.2, 0.25) is 0 Å². The highest BCUT2D eigenvalue weighted by Crippen LogP contribution is 2.29. The maximum atomic E-state index is 11.2. The number of para-hydroxylation sites is 1. The molecule has 0 aromatic heterocycles. The summed E-state index contributed by atoms with van der Waals surface area (Å²) in [6.45, 7) is 6.34. The standard InChI is InChI=1S/C19H22N2O4/c1-4-24-18-11-14(9-10-17(18)25-13(2)3)12-20-21-16-8-6-5-7-15(16)19(22)23/h5-13,21H,4H2,1-3H3,(H,22,23). The van der Waals surface area contributed by atoms with E-state index in [9.17, 15) is 4.79 Å². The number of hydrogen-bond acceptors (Lipinski definition) is 5. The number of hydrogen-bond donors (Lipinski definition) is 2. The van der Waals surface area contributed by atoms with Gasteiger partial charge in [0.25, 0.3) is 0 Å². The number of hydrazone groups is 1. The summed E-state index contributed by atoms with van der Waals surface area (Å²) >= 11 is 0. The van der Waals surface area contributed by atoms with E-state index in [2.05, 4.69) is 10.5 Å². The number of anilines is 1. The minimum absolute atomic E-state index is 0.0490. The van der Waals surface area contributed by atoms with Crippen molar-refractivity contribution >= 4 is 17.9 Å². The van der Waals surface area contributed by atoms with Gasteiger partial charge >= 0.3 is 5.97 Å². The summed E-state index contributed by atoms with van der Waals surface area (Å²) in [5, 5.41) is 13.3. The predicted octanol–water partition coefficient (Wildman–Crippen LogP) is 4.02. The Hall–Kier alpha value is -3.02. The van der Waals surface area contributed by atoms with E-state index in [0.717, 1.165) is 5.56 Å². The molecule has 0 unspecified atom stereocenters.